The van der Waals surface area contributed by atoms with E-state index < -0.39 is 0 Å². The molecule has 1 N–H and O–H groups in total. The lowest BCUT2D eigenvalue weighted by molar-refractivity contribution is -0.144. The van der Waals surface area contributed by atoms with Crippen molar-refractivity contribution in [2.24, 2.45) is 11.8 Å². The van der Waals surface area contributed by atoms with Gasteiger partial charge in [0.05, 0.1) is 7.11 Å². The van der Waals surface area contributed by atoms with Crippen molar-refractivity contribution >= 4 is 5.97 Å². The molecule has 0 radical (unpaired) electrons. The summed E-state index contributed by atoms with van der Waals surface area (Å²) in [6.45, 7) is 6.50. The average molecular weight is 213 g/mol. The van der Waals surface area contributed by atoms with Crippen molar-refractivity contribution in [2.75, 3.05) is 7.11 Å². The molecular formula is C12H23NO2. The molecule has 0 spiro atoms. The predicted octanol–water partition coefficient (Wildman–Crippen LogP) is 1.96. The zero-order valence-corrected chi connectivity index (χ0v) is 10.2. The Morgan fingerprint density at radius 1 is 1.47 bits per heavy atom. The van der Waals surface area contributed by atoms with E-state index in [0.717, 1.165) is 12.3 Å². The summed E-state index contributed by atoms with van der Waals surface area (Å²) in [5.74, 6) is 1.20. The number of esters is 1. The van der Waals surface area contributed by atoms with Gasteiger partial charge < -0.3 is 10.1 Å². The van der Waals surface area contributed by atoms with Crippen LogP contribution < -0.4 is 5.32 Å². The molecular weight excluding hydrogens is 190 g/mol. The first-order valence-corrected chi connectivity index (χ1v) is 5.86. The molecule has 1 rings (SSSR count). The lowest BCUT2D eigenvalue weighted by atomic mass is 9.81. The van der Waals surface area contributed by atoms with E-state index in [1.807, 2.05) is 0 Å². The second-order valence-electron chi connectivity index (χ2n) is 5.15. The van der Waals surface area contributed by atoms with Crippen LogP contribution in [0.25, 0.3) is 0 Å². The Balaban J connectivity index is 2.38. The monoisotopic (exact) mass is 213 g/mol. The van der Waals surface area contributed by atoms with Crippen LogP contribution in [0.15, 0.2) is 0 Å². The minimum absolute atomic E-state index is 0.118. The Morgan fingerprint density at radius 3 is 2.47 bits per heavy atom. The van der Waals surface area contributed by atoms with E-state index in [1.54, 1.807) is 0 Å². The van der Waals surface area contributed by atoms with Gasteiger partial charge in [0.2, 0.25) is 0 Å². The maximum Gasteiger partial charge on any atom is 0.322 e. The Labute approximate surface area is 92.6 Å². The third-order valence-corrected chi connectivity index (χ3v) is 3.00. The maximum atomic E-state index is 11.5. The summed E-state index contributed by atoms with van der Waals surface area (Å²) in [5.41, 5.74) is 0. The first-order chi connectivity index (χ1) is 7.02. The van der Waals surface area contributed by atoms with Crippen LogP contribution in [0.3, 0.4) is 0 Å². The summed E-state index contributed by atoms with van der Waals surface area (Å²) in [6, 6.07) is 0.398. The first-order valence-electron chi connectivity index (χ1n) is 5.86. The fourth-order valence-electron chi connectivity index (χ4n) is 2.17. The van der Waals surface area contributed by atoms with Crippen LogP contribution in [-0.4, -0.2) is 25.2 Å². The third-order valence-electron chi connectivity index (χ3n) is 3.00. The Kier molecular flexibility index (Phi) is 4.58. The van der Waals surface area contributed by atoms with Gasteiger partial charge in [0.15, 0.2) is 0 Å². The molecule has 0 bridgehead atoms. The van der Waals surface area contributed by atoms with Gasteiger partial charge in [0.1, 0.15) is 6.04 Å². The van der Waals surface area contributed by atoms with Crippen LogP contribution in [0.5, 0.6) is 0 Å². The minimum atomic E-state index is -0.122. The normalized spacial score (nSPS) is 27.3. The molecule has 1 atom stereocenters. The molecule has 88 valence electrons. The second-order valence-corrected chi connectivity index (χ2v) is 5.15. The van der Waals surface area contributed by atoms with Gasteiger partial charge >= 0.3 is 5.97 Å². The number of rotatable bonds is 5. The summed E-state index contributed by atoms with van der Waals surface area (Å²) in [7, 11) is 1.46. The molecule has 15 heavy (non-hydrogen) atoms. The van der Waals surface area contributed by atoms with Gasteiger partial charge in [-0.05, 0) is 31.1 Å². The summed E-state index contributed by atoms with van der Waals surface area (Å²) in [6.07, 6.45) is 3.23. The summed E-state index contributed by atoms with van der Waals surface area (Å²) >= 11 is 0. The van der Waals surface area contributed by atoms with Gasteiger partial charge in [-0.1, -0.05) is 20.8 Å². The van der Waals surface area contributed by atoms with Crippen LogP contribution >= 0.6 is 0 Å². The van der Waals surface area contributed by atoms with Crippen molar-refractivity contribution < 1.29 is 9.53 Å². The lowest BCUT2D eigenvalue weighted by Crippen LogP contribution is -2.49. The van der Waals surface area contributed by atoms with Gasteiger partial charge in [-0.15, -0.1) is 0 Å². The van der Waals surface area contributed by atoms with Crippen LogP contribution in [-0.2, 0) is 9.53 Å². The average Bonchev–Trinajstić information content (AvgIpc) is 2.12. The summed E-state index contributed by atoms with van der Waals surface area (Å²) in [4.78, 5) is 11.5. The number of ether oxygens (including phenoxy) is 1. The molecule has 1 aliphatic rings. The fourth-order valence-corrected chi connectivity index (χ4v) is 2.17. The Morgan fingerprint density at radius 2 is 2.07 bits per heavy atom. The predicted molar refractivity (Wildman–Crippen MR) is 60.6 cm³/mol. The molecule has 0 heterocycles. The van der Waals surface area contributed by atoms with Crippen LogP contribution in [0.4, 0.5) is 0 Å². The molecule has 1 unspecified atom stereocenters. The number of methoxy groups -OCH3 is 1. The molecule has 3 heteroatoms. The molecule has 0 aliphatic heterocycles. The molecule has 0 aromatic rings. The minimum Gasteiger partial charge on any atom is -0.468 e. The number of carbonyl (C=O) groups is 1. The SMILES string of the molecule is COC(=O)C(CC(C)C)NC1CC(C)C1. The number of carbonyl (C=O) groups excluding carboxylic acids is 1. The van der Waals surface area contributed by atoms with E-state index in [2.05, 4.69) is 26.1 Å². The fraction of sp³-hybridized carbons (Fsp3) is 0.917. The highest BCUT2D eigenvalue weighted by Crippen LogP contribution is 2.27. The second kappa shape index (κ2) is 5.50. The zero-order valence-electron chi connectivity index (χ0n) is 10.2. The van der Waals surface area contributed by atoms with Crippen molar-refractivity contribution in [3.63, 3.8) is 0 Å². The van der Waals surface area contributed by atoms with E-state index in [9.17, 15) is 4.79 Å². The standard InChI is InChI=1S/C12H23NO2/c1-8(2)5-11(12(14)15-4)13-10-6-9(3)7-10/h8-11,13H,5-7H2,1-4H3. The van der Waals surface area contributed by atoms with Gasteiger partial charge in [0, 0.05) is 6.04 Å². The molecule has 0 aromatic carbocycles. The van der Waals surface area contributed by atoms with E-state index in [0.29, 0.717) is 12.0 Å². The van der Waals surface area contributed by atoms with Gasteiger partial charge in [-0.3, -0.25) is 4.79 Å². The molecule has 0 aromatic heterocycles. The van der Waals surface area contributed by atoms with Crippen LogP contribution in [0, 0.1) is 11.8 Å². The van der Waals surface area contributed by atoms with Crippen LogP contribution in [0.2, 0.25) is 0 Å². The van der Waals surface area contributed by atoms with E-state index in [4.69, 9.17) is 4.74 Å². The van der Waals surface area contributed by atoms with Gasteiger partial charge in [-0.25, -0.2) is 0 Å². The molecule has 0 saturated heterocycles. The summed E-state index contributed by atoms with van der Waals surface area (Å²) < 4.78 is 4.81. The molecule has 3 nitrogen and oxygen atoms in total. The van der Waals surface area contributed by atoms with Crippen molar-refractivity contribution in [2.45, 2.75) is 52.1 Å². The summed E-state index contributed by atoms with van der Waals surface area (Å²) in [5, 5.41) is 3.39. The smallest absolute Gasteiger partial charge is 0.322 e. The van der Waals surface area contributed by atoms with E-state index in [-0.39, 0.29) is 12.0 Å². The van der Waals surface area contributed by atoms with Crippen molar-refractivity contribution in [1.82, 2.24) is 5.32 Å². The molecule has 1 fully saturated rings. The maximum absolute atomic E-state index is 11.5. The zero-order chi connectivity index (χ0) is 11.4. The molecule has 1 aliphatic carbocycles. The highest BCUT2D eigenvalue weighted by molar-refractivity contribution is 5.75. The highest BCUT2D eigenvalue weighted by atomic mass is 16.5. The van der Waals surface area contributed by atoms with E-state index >= 15 is 0 Å². The van der Waals surface area contributed by atoms with Crippen molar-refractivity contribution in [3.05, 3.63) is 0 Å². The Bertz CT molecular complexity index is 210. The number of nitrogens with one attached hydrogen (secondary N) is 1. The number of hydrogen-bond acceptors (Lipinski definition) is 3. The molecule has 0 amide bonds. The Hall–Kier alpha value is -0.570. The van der Waals surface area contributed by atoms with Crippen molar-refractivity contribution in [1.29, 1.82) is 0 Å². The van der Waals surface area contributed by atoms with E-state index in [1.165, 1.54) is 20.0 Å². The largest absolute Gasteiger partial charge is 0.468 e. The lowest BCUT2D eigenvalue weighted by Gasteiger charge is -2.36. The third kappa shape index (κ3) is 3.82. The van der Waals surface area contributed by atoms with Gasteiger partial charge in [-0.2, -0.15) is 0 Å². The van der Waals surface area contributed by atoms with Crippen LogP contribution in [0.1, 0.15) is 40.0 Å². The highest BCUT2D eigenvalue weighted by Gasteiger charge is 2.30. The van der Waals surface area contributed by atoms with Crippen molar-refractivity contribution in [3.8, 4) is 0 Å². The van der Waals surface area contributed by atoms with Gasteiger partial charge in [0.25, 0.3) is 0 Å². The molecule has 1 saturated carbocycles. The topological polar surface area (TPSA) is 38.3 Å². The number of hydrogen-bond donors (Lipinski definition) is 1. The quantitative estimate of drug-likeness (QED) is 0.709. The first kappa shape index (κ1) is 12.5.